The summed E-state index contributed by atoms with van der Waals surface area (Å²) in [5.74, 6) is -0.672. The molecule has 2 saturated heterocycles. The Bertz CT molecular complexity index is 722. The lowest BCUT2D eigenvalue weighted by molar-refractivity contribution is -0.114. The normalized spacial score (nSPS) is 17.6. The van der Waals surface area contributed by atoms with Crippen LogP contribution < -0.4 is 5.32 Å². The van der Waals surface area contributed by atoms with Gasteiger partial charge in [0.2, 0.25) is 5.91 Å². The molecule has 1 aromatic carbocycles. The molecule has 0 aliphatic carbocycles. The first-order valence-electron chi connectivity index (χ1n) is 9.39. The minimum atomic E-state index is -0.301. The molecule has 0 radical (unpaired) electrons. The van der Waals surface area contributed by atoms with Crippen LogP contribution in [-0.4, -0.2) is 76.9 Å². The second-order valence-electron chi connectivity index (χ2n) is 7.02. The minimum Gasteiger partial charge on any atom is -0.507 e. The number of anilines is 1. The minimum absolute atomic E-state index is 0.0531. The Hall–Kier alpha value is -2.77. The molecular weight excluding hydrogens is 348 g/mol. The average molecular weight is 374 g/mol. The number of rotatable bonds is 2. The number of likely N-dealkylation sites (tertiary alicyclic amines) is 1. The highest BCUT2D eigenvalue weighted by Gasteiger charge is 2.29. The Morgan fingerprint density at radius 1 is 0.889 bits per heavy atom. The number of urea groups is 1. The Balaban J connectivity index is 1.61. The Morgan fingerprint density at radius 3 is 2.11 bits per heavy atom. The number of nitrogens with zero attached hydrogens (tertiary/aromatic N) is 3. The van der Waals surface area contributed by atoms with Gasteiger partial charge in [-0.15, -0.1) is 0 Å². The fourth-order valence-corrected chi connectivity index (χ4v) is 3.54. The van der Waals surface area contributed by atoms with Crippen molar-refractivity contribution in [2.75, 3.05) is 44.6 Å². The highest BCUT2D eigenvalue weighted by molar-refractivity contribution is 5.99. The molecular formula is C19H26N4O4. The summed E-state index contributed by atoms with van der Waals surface area (Å²) in [5.41, 5.74) is 0.611. The van der Waals surface area contributed by atoms with Gasteiger partial charge >= 0.3 is 6.03 Å². The molecule has 2 heterocycles. The number of piperazine rings is 1. The number of piperidine rings is 1. The second kappa shape index (κ2) is 8.28. The van der Waals surface area contributed by atoms with Gasteiger partial charge in [-0.05, 0) is 37.5 Å². The van der Waals surface area contributed by atoms with Gasteiger partial charge in [0.15, 0.2) is 0 Å². The lowest BCUT2D eigenvalue weighted by Gasteiger charge is -2.38. The number of phenols is 1. The molecule has 146 valence electrons. The molecule has 0 spiro atoms. The maximum Gasteiger partial charge on any atom is 0.320 e. The summed E-state index contributed by atoms with van der Waals surface area (Å²) >= 11 is 0. The maximum atomic E-state index is 12.8. The fraction of sp³-hybridized carbons (Fsp3) is 0.526. The molecule has 2 fully saturated rings. The molecule has 0 atom stereocenters. The van der Waals surface area contributed by atoms with E-state index in [0.717, 1.165) is 25.9 Å². The average Bonchev–Trinajstić information content (AvgIpc) is 2.69. The third-order valence-corrected chi connectivity index (χ3v) is 5.01. The summed E-state index contributed by atoms with van der Waals surface area (Å²) in [6, 6.07) is 4.47. The van der Waals surface area contributed by atoms with Crippen molar-refractivity contribution in [1.29, 1.82) is 0 Å². The van der Waals surface area contributed by atoms with Gasteiger partial charge in [-0.1, -0.05) is 0 Å². The highest BCUT2D eigenvalue weighted by atomic mass is 16.3. The number of hydrogen-bond donors (Lipinski definition) is 2. The van der Waals surface area contributed by atoms with E-state index in [1.165, 1.54) is 25.5 Å². The monoisotopic (exact) mass is 374 g/mol. The number of aromatic hydroxyl groups is 1. The van der Waals surface area contributed by atoms with Crippen LogP contribution in [0.4, 0.5) is 10.5 Å². The van der Waals surface area contributed by atoms with Gasteiger partial charge in [0.1, 0.15) is 5.75 Å². The van der Waals surface area contributed by atoms with Gasteiger partial charge in [0.05, 0.1) is 5.56 Å². The lowest BCUT2D eigenvalue weighted by Crippen LogP contribution is -2.54. The number of hydrogen-bond acceptors (Lipinski definition) is 4. The molecule has 2 N–H and O–H groups in total. The number of carbonyl (C=O) groups excluding carboxylic acids is 3. The highest BCUT2D eigenvalue weighted by Crippen LogP contribution is 2.24. The summed E-state index contributed by atoms with van der Waals surface area (Å²) in [6.07, 6.45) is 3.27. The van der Waals surface area contributed by atoms with Crippen LogP contribution in [0.3, 0.4) is 0 Å². The first-order valence-corrected chi connectivity index (χ1v) is 9.39. The van der Waals surface area contributed by atoms with Crippen molar-refractivity contribution in [2.24, 2.45) is 0 Å². The molecule has 0 bridgehead atoms. The van der Waals surface area contributed by atoms with Crippen molar-refractivity contribution < 1.29 is 19.5 Å². The molecule has 8 nitrogen and oxygen atoms in total. The number of amides is 4. The molecule has 4 amide bonds. The quantitative estimate of drug-likeness (QED) is 0.771. The molecule has 0 aromatic heterocycles. The van der Waals surface area contributed by atoms with E-state index in [2.05, 4.69) is 5.32 Å². The maximum absolute atomic E-state index is 12.8. The van der Waals surface area contributed by atoms with Gasteiger partial charge in [-0.25, -0.2) is 4.79 Å². The van der Waals surface area contributed by atoms with Gasteiger partial charge < -0.3 is 25.1 Å². The van der Waals surface area contributed by atoms with E-state index >= 15 is 0 Å². The zero-order chi connectivity index (χ0) is 19.4. The van der Waals surface area contributed by atoms with Crippen molar-refractivity contribution in [1.82, 2.24) is 14.7 Å². The Kier molecular flexibility index (Phi) is 5.83. The molecule has 1 aromatic rings. The topological polar surface area (TPSA) is 93.2 Å². The number of phenolic OH excluding ortho intramolecular Hbond substituents is 1. The van der Waals surface area contributed by atoms with Gasteiger partial charge in [0.25, 0.3) is 5.91 Å². The van der Waals surface area contributed by atoms with Crippen LogP contribution in [0.2, 0.25) is 0 Å². The van der Waals surface area contributed by atoms with Gasteiger partial charge in [0, 0.05) is 51.9 Å². The number of nitrogens with one attached hydrogen (secondary N) is 1. The molecule has 0 saturated carbocycles. The van der Waals surface area contributed by atoms with E-state index in [9.17, 15) is 19.5 Å². The van der Waals surface area contributed by atoms with Crippen molar-refractivity contribution in [3.8, 4) is 5.75 Å². The third-order valence-electron chi connectivity index (χ3n) is 5.01. The number of benzene rings is 1. The van der Waals surface area contributed by atoms with Crippen LogP contribution in [0.25, 0.3) is 0 Å². The first kappa shape index (κ1) is 19.0. The van der Waals surface area contributed by atoms with E-state index in [-0.39, 0.29) is 29.2 Å². The molecule has 0 unspecified atom stereocenters. The van der Waals surface area contributed by atoms with Crippen LogP contribution >= 0.6 is 0 Å². The smallest absolute Gasteiger partial charge is 0.320 e. The van der Waals surface area contributed by atoms with Crippen LogP contribution in [-0.2, 0) is 4.79 Å². The van der Waals surface area contributed by atoms with E-state index in [0.29, 0.717) is 31.9 Å². The summed E-state index contributed by atoms with van der Waals surface area (Å²) in [6.45, 7) is 4.79. The van der Waals surface area contributed by atoms with Crippen molar-refractivity contribution in [3.63, 3.8) is 0 Å². The second-order valence-corrected chi connectivity index (χ2v) is 7.02. The third kappa shape index (κ3) is 4.50. The summed E-state index contributed by atoms with van der Waals surface area (Å²) < 4.78 is 0. The number of carbonyl (C=O) groups is 3. The molecule has 2 aliphatic rings. The van der Waals surface area contributed by atoms with E-state index < -0.39 is 0 Å². The fourth-order valence-electron chi connectivity index (χ4n) is 3.54. The van der Waals surface area contributed by atoms with E-state index in [1.807, 2.05) is 4.90 Å². The van der Waals surface area contributed by atoms with Crippen molar-refractivity contribution >= 4 is 23.5 Å². The standard InChI is InChI=1S/C19H26N4O4/c1-14(24)20-15-5-6-17(25)16(13-15)18(26)21-9-11-23(12-10-21)19(27)22-7-3-2-4-8-22/h5-6,13,25H,2-4,7-12H2,1H3,(H,20,24). The van der Waals surface area contributed by atoms with Crippen LogP contribution in [0.1, 0.15) is 36.5 Å². The molecule has 2 aliphatic heterocycles. The van der Waals surface area contributed by atoms with E-state index in [1.54, 1.807) is 15.9 Å². The van der Waals surface area contributed by atoms with Crippen LogP contribution in [0.15, 0.2) is 18.2 Å². The Labute approximate surface area is 158 Å². The van der Waals surface area contributed by atoms with Gasteiger partial charge in [-0.3, -0.25) is 9.59 Å². The zero-order valence-electron chi connectivity index (χ0n) is 15.6. The first-order chi connectivity index (χ1) is 13.0. The zero-order valence-corrected chi connectivity index (χ0v) is 15.6. The molecule has 8 heteroatoms. The SMILES string of the molecule is CC(=O)Nc1ccc(O)c(C(=O)N2CCN(C(=O)N3CCCCC3)CC2)c1. The van der Waals surface area contributed by atoms with Gasteiger partial charge in [-0.2, -0.15) is 0 Å². The summed E-state index contributed by atoms with van der Waals surface area (Å²) in [4.78, 5) is 41.9. The summed E-state index contributed by atoms with van der Waals surface area (Å²) in [5, 5.41) is 12.7. The van der Waals surface area contributed by atoms with Crippen molar-refractivity contribution in [3.05, 3.63) is 23.8 Å². The predicted molar refractivity (Wildman–Crippen MR) is 101 cm³/mol. The lowest BCUT2D eigenvalue weighted by atomic mass is 10.1. The van der Waals surface area contributed by atoms with Crippen LogP contribution in [0, 0.1) is 0 Å². The van der Waals surface area contributed by atoms with Crippen LogP contribution in [0.5, 0.6) is 5.75 Å². The van der Waals surface area contributed by atoms with Crippen molar-refractivity contribution in [2.45, 2.75) is 26.2 Å². The largest absolute Gasteiger partial charge is 0.507 e. The predicted octanol–water partition coefficient (Wildman–Crippen LogP) is 1.71. The van der Waals surface area contributed by atoms with E-state index in [4.69, 9.17) is 0 Å². The summed E-state index contributed by atoms with van der Waals surface area (Å²) in [7, 11) is 0. The molecule has 3 rings (SSSR count). The Morgan fingerprint density at radius 2 is 1.48 bits per heavy atom. The molecule has 27 heavy (non-hydrogen) atoms.